The molecule has 0 saturated heterocycles. The Labute approximate surface area is 171 Å². The summed E-state index contributed by atoms with van der Waals surface area (Å²) in [6.45, 7) is 2.50. The molecule has 6 nitrogen and oxygen atoms in total. The van der Waals surface area contributed by atoms with Crippen molar-refractivity contribution in [3.63, 3.8) is 0 Å². The van der Waals surface area contributed by atoms with Gasteiger partial charge >= 0.3 is 0 Å². The van der Waals surface area contributed by atoms with Gasteiger partial charge in [0.1, 0.15) is 24.4 Å². The number of aliphatic hydroxyl groups is 6. The van der Waals surface area contributed by atoms with E-state index in [0.717, 1.165) is 12.1 Å². The molecule has 6 N–H and O–H groups in total. The maximum absolute atomic E-state index is 13.5. The molecule has 166 valence electrons. The molecule has 0 heterocycles. The zero-order chi connectivity index (χ0) is 22.7. The SMILES string of the molecule is Cc1cc(-c2cc(F)c(F)c(F)c2)ccc1[C@@H](O)C(O)C(O)C(O)C(O)C(C)CO. The Bertz CT molecular complexity index is 855. The first-order chi connectivity index (χ1) is 14.0. The maximum atomic E-state index is 13.5. The van der Waals surface area contributed by atoms with E-state index >= 15 is 0 Å². The van der Waals surface area contributed by atoms with Crippen LogP contribution in [0.5, 0.6) is 0 Å². The van der Waals surface area contributed by atoms with Gasteiger partial charge < -0.3 is 30.6 Å². The van der Waals surface area contributed by atoms with Gasteiger partial charge in [0, 0.05) is 12.5 Å². The second-order valence-electron chi connectivity index (χ2n) is 7.39. The van der Waals surface area contributed by atoms with Crippen molar-refractivity contribution in [3.05, 3.63) is 58.9 Å². The van der Waals surface area contributed by atoms with Gasteiger partial charge in [0.25, 0.3) is 0 Å². The molecule has 30 heavy (non-hydrogen) atoms. The molecule has 0 bridgehead atoms. The molecule has 0 saturated carbocycles. The lowest BCUT2D eigenvalue weighted by Gasteiger charge is -2.31. The maximum Gasteiger partial charge on any atom is 0.194 e. The number of hydrogen-bond donors (Lipinski definition) is 6. The average Bonchev–Trinajstić information content (AvgIpc) is 2.73. The zero-order valence-corrected chi connectivity index (χ0v) is 16.4. The number of aliphatic hydroxyl groups excluding tert-OH is 6. The van der Waals surface area contributed by atoms with Crippen LogP contribution in [0.25, 0.3) is 11.1 Å². The summed E-state index contributed by atoms with van der Waals surface area (Å²) in [6.07, 6.45) is -8.85. The number of rotatable bonds is 8. The van der Waals surface area contributed by atoms with Gasteiger partial charge in [0.05, 0.1) is 6.10 Å². The Kier molecular flexibility index (Phi) is 7.98. The number of aryl methyl sites for hydroxylation is 1. The molecular weight excluding hydrogens is 405 g/mol. The lowest BCUT2D eigenvalue weighted by Crippen LogP contribution is -2.49. The smallest absolute Gasteiger partial charge is 0.194 e. The Morgan fingerprint density at radius 1 is 0.767 bits per heavy atom. The van der Waals surface area contributed by atoms with Crippen molar-refractivity contribution >= 4 is 0 Å². The van der Waals surface area contributed by atoms with E-state index < -0.39 is 60.5 Å². The van der Waals surface area contributed by atoms with E-state index in [4.69, 9.17) is 5.11 Å². The van der Waals surface area contributed by atoms with Crippen molar-refractivity contribution < 1.29 is 43.8 Å². The topological polar surface area (TPSA) is 121 Å². The van der Waals surface area contributed by atoms with Gasteiger partial charge in [-0.15, -0.1) is 0 Å². The third-order valence-electron chi connectivity index (χ3n) is 5.15. The number of halogens is 3. The van der Waals surface area contributed by atoms with Crippen molar-refractivity contribution in [2.24, 2.45) is 5.92 Å². The van der Waals surface area contributed by atoms with Crippen LogP contribution in [0.1, 0.15) is 24.2 Å². The first-order valence-electron chi connectivity index (χ1n) is 9.26. The fraction of sp³-hybridized carbons (Fsp3) is 0.429. The molecule has 9 heteroatoms. The molecule has 6 atom stereocenters. The van der Waals surface area contributed by atoms with Gasteiger partial charge in [0.2, 0.25) is 0 Å². The van der Waals surface area contributed by atoms with Crippen LogP contribution in [0.3, 0.4) is 0 Å². The van der Waals surface area contributed by atoms with Crippen LogP contribution >= 0.6 is 0 Å². The quantitative estimate of drug-likeness (QED) is 0.350. The highest BCUT2D eigenvalue weighted by Gasteiger charge is 2.37. The summed E-state index contributed by atoms with van der Waals surface area (Å²) in [4.78, 5) is 0. The van der Waals surface area contributed by atoms with Crippen molar-refractivity contribution in [2.75, 3.05) is 6.61 Å². The van der Waals surface area contributed by atoms with E-state index in [1.54, 1.807) is 0 Å². The van der Waals surface area contributed by atoms with E-state index in [9.17, 15) is 38.7 Å². The average molecular weight is 430 g/mol. The summed E-state index contributed by atoms with van der Waals surface area (Å²) < 4.78 is 40.1. The summed E-state index contributed by atoms with van der Waals surface area (Å²) in [5.74, 6) is -5.07. The molecule has 0 radical (unpaired) electrons. The van der Waals surface area contributed by atoms with Crippen molar-refractivity contribution in [1.82, 2.24) is 0 Å². The molecule has 2 rings (SSSR count). The molecule has 0 amide bonds. The van der Waals surface area contributed by atoms with E-state index in [-0.39, 0.29) is 11.1 Å². The Morgan fingerprint density at radius 3 is 1.80 bits per heavy atom. The fourth-order valence-corrected chi connectivity index (χ4v) is 3.13. The Hall–Kier alpha value is -2.01. The predicted molar refractivity (Wildman–Crippen MR) is 102 cm³/mol. The van der Waals surface area contributed by atoms with Crippen LogP contribution < -0.4 is 0 Å². The Morgan fingerprint density at radius 2 is 1.30 bits per heavy atom. The molecular formula is C21H25F3O6. The summed E-state index contributed by atoms with van der Waals surface area (Å²) >= 11 is 0. The largest absolute Gasteiger partial charge is 0.396 e. The molecule has 0 aromatic heterocycles. The molecule has 0 aliphatic carbocycles. The van der Waals surface area contributed by atoms with E-state index in [0.29, 0.717) is 11.1 Å². The van der Waals surface area contributed by atoms with Crippen LogP contribution in [0.15, 0.2) is 30.3 Å². The normalized spacial score (nSPS) is 17.8. The van der Waals surface area contributed by atoms with Crippen LogP contribution in [0, 0.1) is 30.3 Å². The molecule has 5 unspecified atom stereocenters. The van der Waals surface area contributed by atoms with Crippen LogP contribution in [-0.2, 0) is 0 Å². The lowest BCUT2D eigenvalue weighted by molar-refractivity contribution is -0.145. The summed E-state index contributed by atoms with van der Waals surface area (Å²) in [5.41, 5.74) is 0.927. The predicted octanol–water partition coefficient (Wildman–Crippen LogP) is 1.18. The zero-order valence-electron chi connectivity index (χ0n) is 16.4. The standard InChI is InChI=1S/C21H25F3O6/c1-9-5-11(12-6-14(22)16(24)15(23)7-12)3-4-13(9)18(27)20(29)21(30)19(28)17(26)10(2)8-25/h3-7,10,17-21,25-30H,8H2,1-2H3/t10?,17?,18-,19?,20?,21?/m1/s1. The molecule has 0 spiro atoms. The van der Waals surface area contributed by atoms with Gasteiger partial charge in [0.15, 0.2) is 17.5 Å². The van der Waals surface area contributed by atoms with Crippen LogP contribution in [-0.4, -0.2) is 61.7 Å². The first-order valence-corrected chi connectivity index (χ1v) is 9.26. The molecule has 0 aliphatic rings. The number of benzene rings is 2. The van der Waals surface area contributed by atoms with E-state index in [1.165, 1.54) is 32.0 Å². The molecule has 0 aliphatic heterocycles. The highest BCUT2D eigenvalue weighted by atomic mass is 19.2. The van der Waals surface area contributed by atoms with Gasteiger partial charge in [-0.3, -0.25) is 0 Å². The first kappa shape index (κ1) is 24.3. The Balaban J connectivity index is 2.25. The van der Waals surface area contributed by atoms with Gasteiger partial charge in [-0.1, -0.05) is 25.1 Å². The van der Waals surface area contributed by atoms with Crippen molar-refractivity contribution in [3.8, 4) is 11.1 Å². The second-order valence-corrected chi connectivity index (χ2v) is 7.39. The van der Waals surface area contributed by atoms with Crippen LogP contribution in [0.2, 0.25) is 0 Å². The second kappa shape index (κ2) is 9.86. The van der Waals surface area contributed by atoms with Crippen molar-refractivity contribution in [2.45, 2.75) is 44.4 Å². The van der Waals surface area contributed by atoms with Crippen molar-refractivity contribution in [1.29, 1.82) is 0 Å². The molecule has 2 aromatic rings. The highest BCUT2D eigenvalue weighted by Crippen LogP contribution is 2.30. The minimum atomic E-state index is -1.93. The fourth-order valence-electron chi connectivity index (χ4n) is 3.13. The van der Waals surface area contributed by atoms with Gasteiger partial charge in [-0.05, 0) is 41.3 Å². The molecule has 2 aromatic carbocycles. The summed E-state index contributed by atoms with van der Waals surface area (Å²) in [7, 11) is 0. The third kappa shape index (κ3) is 5.00. The summed E-state index contributed by atoms with van der Waals surface area (Å²) in [6, 6.07) is 5.83. The van der Waals surface area contributed by atoms with Gasteiger partial charge in [-0.25, -0.2) is 13.2 Å². The lowest BCUT2D eigenvalue weighted by atomic mass is 9.89. The highest BCUT2D eigenvalue weighted by molar-refractivity contribution is 5.65. The van der Waals surface area contributed by atoms with E-state index in [2.05, 4.69) is 0 Å². The third-order valence-corrected chi connectivity index (χ3v) is 5.15. The van der Waals surface area contributed by atoms with E-state index in [1.807, 2.05) is 0 Å². The number of hydrogen-bond acceptors (Lipinski definition) is 6. The monoisotopic (exact) mass is 430 g/mol. The minimum absolute atomic E-state index is 0.0626. The van der Waals surface area contributed by atoms with Crippen LogP contribution in [0.4, 0.5) is 13.2 Å². The minimum Gasteiger partial charge on any atom is -0.396 e. The summed E-state index contributed by atoms with van der Waals surface area (Å²) in [5, 5.41) is 59.7. The molecule has 0 fully saturated rings. The van der Waals surface area contributed by atoms with Gasteiger partial charge in [-0.2, -0.15) is 0 Å².